The van der Waals surface area contributed by atoms with Crippen LogP contribution in [0.2, 0.25) is 10.0 Å². The molecule has 112 valence electrons. The van der Waals surface area contributed by atoms with Crippen LogP contribution in [0.25, 0.3) is 0 Å². The smallest absolute Gasteiger partial charge is 0.270 e. The van der Waals surface area contributed by atoms with Crippen molar-refractivity contribution in [2.24, 2.45) is 0 Å². The molecular weight excluding hydrogens is 335 g/mol. The highest BCUT2D eigenvalue weighted by Gasteiger charge is 2.21. The van der Waals surface area contributed by atoms with E-state index in [1.165, 1.54) is 12.1 Å². The minimum absolute atomic E-state index is 0.0156. The van der Waals surface area contributed by atoms with Gasteiger partial charge in [-0.25, -0.2) is 0 Å². The Labute approximate surface area is 133 Å². The van der Waals surface area contributed by atoms with Crippen LogP contribution in [0.3, 0.4) is 0 Å². The number of nitro benzene ring substituents is 2. The second-order valence-electron chi connectivity index (χ2n) is 4.17. The fourth-order valence-corrected chi connectivity index (χ4v) is 2.15. The standard InChI is InChI=1S/C13H6Cl2N2O5/c14-11-3-1-7(16(19)20)5-9(11)13(18)10-6-8(17(21)22)2-4-12(10)15/h1-6H. The molecule has 7 nitrogen and oxygen atoms in total. The summed E-state index contributed by atoms with van der Waals surface area (Å²) in [7, 11) is 0. The fourth-order valence-electron chi connectivity index (χ4n) is 1.75. The first-order valence-corrected chi connectivity index (χ1v) is 6.49. The predicted octanol–water partition coefficient (Wildman–Crippen LogP) is 4.04. The number of hydrogen-bond donors (Lipinski definition) is 0. The van der Waals surface area contributed by atoms with E-state index in [1.807, 2.05) is 0 Å². The number of rotatable bonds is 4. The van der Waals surface area contributed by atoms with Crippen LogP contribution in [0, 0.1) is 20.2 Å². The molecule has 0 spiro atoms. The molecule has 0 amide bonds. The summed E-state index contributed by atoms with van der Waals surface area (Å²) in [6.07, 6.45) is 0. The van der Waals surface area contributed by atoms with E-state index in [0.717, 1.165) is 24.3 Å². The average molecular weight is 341 g/mol. The van der Waals surface area contributed by atoms with E-state index in [9.17, 15) is 25.0 Å². The van der Waals surface area contributed by atoms with Crippen molar-refractivity contribution in [1.82, 2.24) is 0 Å². The van der Waals surface area contributed by atoms with Crippen molar-refractivity contribution in [2.75, 3.05) is 0 Å². The number of benzene rings is 2. The van der Waals surface area contributed by atoms with Gasteiger partial charge in [-0.2, -0.15) is 0 Å². The summed E-state index contributed by atoms with van der Waals surface area (Å²) in [5, 5.41) is 21.5. The molecule has 22 heavy (non-hydrogen) atoms. The van der Waals surface area contributed by atoms with Crippen molar-refractivity contribution in [3.8, 4) is 0 Å². The van der Waals surface area contributed by atoms with Crippen LogP contribution >= 0.6 is 23.2 Å². The zero-order valence-electron chi connectivity index (χ0n) is 10.7. The summed E-state index contributed by atoms with van der Waals surface area (Å²) in [6.45, 7) is 0. The molecule has 0 unspecified atom stereocenters. The quantitative estimate of drug-likeness (QED) is 0.474. The molecule has 0 fully saturated rings. The van der Waals surface area contributed by atoms with Crippen molar-refractivity contribution in [2.45, 2.75) is 0 Å². The molecule has 0 bridgehead atoms. The fraction of sp³-hybridized carbons (Fsp3) is 0. The van der Waals surface area contributed by atoms with Gasteiger partial charge in [0.05, 0.1) is 19.9 Å². The monoisotopic (exact) mass is 340 g/mol. The minimum atomic E-state index is -0.734. The second-order valence-corrected chi connectivity index (χ2v) is 4.99. The second kappa shape index (κ2) is 6.08. The van der Waals surface area contributed by atoms with Crippen molar-refractivity contribution >= 4 is 40.4 Å². The molecule has 2 rings (SSSR count). The number of halogens is 2. The van der Waals surface area contributed by atoms with E-state index >= 15 is 0 Å². The van der Waals surface area contributed by atoms with Crippen LogP contribution in [0.5, 0.6) is 0 Å². The Kier molecular flexibility index (Phi) is 4.39. The van der Waals surface area contributed by atoms with Crippen molar-refractivity contribution in [3.63, 3.8) is 0 Å². The highest BCUT2D eigenvalue weighted by Crippen LogP contribution is 2.29. The van der Waals surface area contributed by atoms with E-state index < -0.39 is 15.6 Å². The molecule has 2 aromatic carbocycles. The molecule has 0 radical (unpaired) electrons. The van der Waals surface area contributed by atoms with Gasteiger partial charge in [-0.1, -0.05) is 23.2 Å². The predicted molar refractivity (Wildman–Crippen MR) is 79.6 cm³/mol. The van der Waals surface area contributed by atoms with Gasteiger partial charge in [-0.3, -0.25) is 25.0 Å². The lowest BCUT2D eigenvalue weighted by atomic mass is 10.0. The number of hydrogen-bond acceptors (Lipinski definition) is 5. The van der Waals surface area contributed by atoms with Crippen LogP contribution < -0.4 is 0 Å². The molecule has 0 saturated heterocycles. The lowest BCUT2D eigenvalue weighted by molar-refractivity contribution is -0.385. The summed E-state index contributed by atoms with van der Waals surface area (Å²) >= 11 is 11.8. The molecular formula is C13H6Cl2N2O5. The third-order valence-electron chi connectivity index (χ3n) is 2.81. The molecule has 0 saturated carbocycles. The molecule has 0 N–H and O–H groups in total. The van der Waals surface area contributed by atoms with Crippen molar-refractivity contribution < 1.29 is 14.6 Å². The Morgan fingerprint density at radius 3 is 1.50 bits per heavy atom. The highest BCUT2D eigenvalue weighted by atomic mass is 35.5. The number of carbonyl (C=O) groups is 1. The van der Waals surface area contributed by atoms with Crippen molar-refractivity contribution in [1.29, 1.82) is 0 Å². The van der Waals surface area contributed by atoms with Crippen LogP contribution in [-0.2, 0) is 0 Å². The van der Waals surface area contributed by atoms with Crippen LogP contribution in [0.1, 0.15) is 15.9 Å². The molecule has 9 heteroatoms. The van der Waals surface area contributed by atoms with E-state index in [2.05, 4.69) is 0 Å². The third kappa shape index (κ3) is 3.05. The maximum absolute atomic E-state index is 12.4. The number of ketones is 1. The molecule has 0 aromatic heterocycles. The maximum atomic E-state index is 12.4. The molecule has 0 atom stereocenters. The van der Waals surface area contributed by atoms with Gasteiger partial charge in [0.25, 0.3) is 11.4 Å². The van der Waals surface area contributed by atoms with Gasteiger partial charge in [0.2, 0.25) is 0 Å². The van der Waals surface area contributed by atoms with Gasteiger partial charge in [0, 0.05) is 35.4 Å². The van der Waals surface area contributed by atoms with Gasteiger partial charge in [0.15, 0.2) is 5.78 Å². The molecule has 0 aliphatic carbocycles. The molecule has 0 aliphatic heterocycles. The van der Waals surface area contributed by atoms with Crippen molar-refractivity contribution in [3.05, 3.63) is 77.8 Å². The summed E-state index contributed by atoms with van der Waals surface area (Å²) in [5.74, 6) is -0.734. The number of nitrogens with zero attached hydrogens (tertiary/aromatic N) is 2. The van der Waals surface area contributed by atoms with Gasteiger partial charge in [-0.05, 0) is 12.1 Å². The van der Waals surface area contributed by atoms with Gasteiger partial charge in [-0.15, -0.1) is 0 Å². The first-order valence-electron chi connectivity index (χ1n) is 5.74. The summed E-state index contributed by atoms with van der Waals surface area (Å²) in [4.78, 5) is 32.6. The Bertz CT molecular complexity index is 742. The Balaban J connectivity index is 2.57. The van der Waals surface area contributed by atoms with E-state index in [1.54, 1.807) is 0 Å². The first kappa shape index (κ1) is 15.9. The summed E-state index contributed by atoms with van der Waals surface area (Å²) < 4.78 is 0. The van der Waals surface area contributed by atoms with Gasteiger partial charge >= 0.3 is 0 Å². The zero-order valence-corrected chi connectivity index (χ0v) is 12.2. The third-order valence-corrected chi connectivity index (χ3v) is 3.47. The average Bonchev–Trinajstić information content (AvgIpc) is 2.47. The summed E-state index contributed by atoms with van der Waals surface area (Å²) in [6, 6.07) is 6.71. The lowest BCUT2D eigenvalue weighted by Gasteiger charge is -2.05. The first-order chi connectivity index (χ1) is 10.3. The van der Waals surface area contributed by atoms with Crippen LogP contribution in [-0.4, -0.2) is 15.6 Å². The lowest BCUT2D eigenvalue weighted by Crippen LogP contribution is -2.05. The highest BCUT2D eigenvalue weighted by molar-refractivity contribution is 6.38. The van der Waals surface area contributed by atoms with E-state index in [0.29, 0.717) is 0 Å². The van der Waals surface area contributed by atoms with Crippen LogP contribution in [0.15, 0.2) is 36.4 Å². The maximum Gasteiger partial charge on any atom is 0.270 e. The molecule has 0 heterocycles. The summed E-state index contributed by atoms with van der Waals surface area (Å²) in [5.41, 5.74) is -0.958. The Hall–Kier alpha value is -2.51. The number of carbonyl (C=O) groups excluding carboxylic acids is 1. The Morgan fingerprint density at radius 2 is 1.18 bits per heavy atom. The van der Waals surface area contributed by atoms with Crippen LogP contribution in [0.4, 0.5) is 11.4 Å². The largest absolute Gasteiger partial charge is 0.288 e. The minimum Gasteiger partial charge on any atom is -0.288 e. The van der Waals surface area contributed by atoms with Gasteiger partial charge in [0.1, 0.15) is 0 Å². The zero-order chi connectivity index (χ0) is 16.4. The SMILES string of the molecule is O=C(c1cc([N+](=O)[O-])ccc1Cl)c1cc([N+](=O)[O-])ccc1Cl. The Morgan fingerprint density at radius 1 is 0.818 bits per heavy atom. The van der Waals surface area contributed by atoms with Gasteiger partial charge < -0.3 is 0 Å². The topological polar surface area (TPSA) is 103 Å². The normalized spacial score (nSPS) is 10.3. The molecule has 0 aliphatic rings. The molecule has 2 aromatic rings. The number of nitro groups is 2. The number of non-ortho nitro benzene ring substituents is 2. The van der Waals surface area contributed by atoms with E-state index in [4.69, 9.17) is 23.2 Å². The van der Waals surface area contributed by atoms with E-state index in [-0.39, 0.29) is 32.5 Å².